The minimum atomic E-state index is -0.104. The van der Waals surface area contributed by atoms with Gasteiger partial charge in [-0.05, 0) is 25.2 Å². The van der Waals surface area contributed by atoms with Gasteiger partial charge in [-0.15, -0.1) is 0 Å². The predicted octanol–water partition coefficient (Wildman–Crippen LogP) is 4.78. The zero-order valence-electron chi connectivity index (χ0n) is 19.3. The number of hydrogen-bond donors (Lipinski definition) is 0. The molecule has 0 bridgehead atoms. The number of esters is 1. The Morgan fingerprint density at radius 1 is 0.690 bits per heavy atom. The van der Waals surface area contributed by atoms with Crippen LogP contribution >= 0.6 is 0 Å². The molecule has 0 aliphatic carbocycles. The van der Waals surface area contributed by atoms with E-state index in [1.807, 2.05) is 0 Å². The maximum absolute atomic E-state index is 12.0. The highest BCUT2D eigenvalue weighted by Crippen LogP contribution is 2.18. The first-order valence-electron chi connectivity index (χ1n) is 11.6. The third-order valence-corrected chi connectivity index (χ3v) is 4.76. The van der Waals surface area contributed by atoms with Crippen molar-refractivity contribution < 1.29 is 28.5 Å². The number of rotatable bonds is 23. The van der Waals surface area contributed by atoms with Crippen molar-refractivity contribution in [3.63, 3.8) is 0 Å². The van der Waals surface area contributed by atoms with Gasteiger partial charge in [0.05, 0.1) is 46.2 Å². The molecule has 0 spiro atoms. The van der Waals surface area contributed by atoms with Crippen LogP contribution in [-0.2, 0) is 28.5 Å². The Balaban J connectivity index is 3.55. The van der Waals surface area contributed by atoms with E-state index in [1.165, 1.54) is 44.9 Å². The van der Waals surface area contributed by atoms with E-state index >= 15 is 0 Å². The highest BCUT2D eigenvalue weighted by molar-refractivity contribution is 5.69. The lowest BCUT2D eigenvalue weighted by molar-refractivity contribution is -0.145. The molecule has 0 aromatic carbocycles. The van der Waals surface area contributed by atoms with E-state index in [0.717, 1.165) is 6.42 Å². The molecule has 6 heteroatoms. The fourth-order valence-electron chi connectivity index (χ4n) is 2.95. The highest BCUT2D eigenvalue weighted by Gasteiger charge is 2.11. The summed E-state index contributed by atoms with van der Waals surface area (Å²) in [6.07, 6.45) is 10.9. The van der Waals surface area contributed by atoms with Crippen molar-refractivity contribution in [1.29, 1.82) is 0 Å². The smallest absolute Gasteiger partial charge is 0.305 e. The normalized spacial score (nSPS) is 12.2. The van der Waals surface area contributed by atoms with Crippen molar-refractivity contribution in [3.05, 3.63) is 0 Å². The second kappa shape index (κ2) is 23.6. The number of hydrogen-bond acceptors (Lipinski definition) is 6. The molecule has 0 saturated carbocycles. The molecular formula is C23H46O6. The van der Waals surface area contributed by atoms with Crippen molar-refractivity contribution in [1.82, 2.24) is 0 Å². The molecule has 1 unspecified atom stereocenters. The number of carbonyl (C=O) groups is 1. The van der Waals surface area contributed by atoms with E-state index < -0.39 is 0 Å². The number of ether oxygens (including phenoxy) is 5. The molecule has 0 aromatic heterocycles. The van der Waals surface area contributed by atoms with Gasteiger partial charge in [0.1, 0.15) is 0 Å². The average molecular weight is 419 g/mol. The first-order valence-corrected chi connectivity index (χ1v) is 11.6. The first-order chi connectivity index (χ1) is 14.2. The molecule has 0 aliphatic heterocycles. The van der Waals surface area contributed by atoms with Gasteiger partial charge in [-0.3, -0.25) is 4.79 Å². The van der Waals surface area contributed by atoms with Gasteiger partial charge in [0.15, 0.2) is 0 Å². The quantitative estimate of drug-likeness (QED) is 0.176. The predicted molar refractivity (Wildman–Crippen MR) is 116 cm³/mol. The molecule has 174 valence electrons. The van der Waals surface area contributed by atoms with Gasteiger partial charge in [0.2, 0.25) is 0 Å². The summed E-state index contributed by atoms with van der Waals surface area (Å²) >= 11 is 0. The van der Waals surface area contributed by atoms with Gasteiger partial charge < -0.3 is 23.7 Å². The fourth-order valence-corrected chi connectivity index (χ4v) is 2.95. The molecule has 0 saturated heterocycles. The van der Waals surface area contributed by atoms with Crippen LogP contribution in [0.1, 0.15) is 78.1 Å². The van der Waals surface area contributed by atoms with Crippen LogP contribution in [0.5, 0.6) is 0 Å². The molecule has 0 rings (SSSR count). The third-order valence-electron chi connectivity index (χ3n) is 4.76. The average Bonchev–Trinajstić information content (AvgIpc) is 2.73. The van der Waals surface area contributed by atoms with Gasteiger partial charge >= 0.3 is 5.97 Å². The molecule has 0 radical (unpaired) electrons. The highest BCUT2D eigenvalue weighted by atomic mass is 16.6. The number of unbranched alkanes of at least 4 members (excludes halogenated alkanes) is 4. The Morgan fingerprint density at radius 3 is 1.90 bits per heavy atom. The third kappa shape index (κ3) is 21.8. The lowest BCUT2D eigenvalue weighted by Crippen LogP contribution is -2.15. The van der Waals surface area contributed by atoms with Crippen molar-refractivity contribution in [2.45, 2.75) is 78.1 Å². The van der Waals surface area contributed by atoms with E-state index in [2.05, 4.69) is 13.8 Å². The molecule has 0 aliphatic rings. The lowest BCUT2D eigenvalue weighted by Gasteiger charge is -2.16. The Kier molecular flexibility index (Phi) is 23.0. The summed E-state index contributed by atoms with van der Waals surface area (Å²) in [5.41, 5.74) is 0. The molecular weight excluding hydrogens is 372 g/mol. The Labute approximate surface area is 178 Å². The first kappa shape index (κ1) is 28.3. The van der Waals surface area contributed by atoms with Gasteiger partial charge in [-0.2, -0.15) is 0 Å². The van der Waals surface area contributed by atoms with Crippen LogP contribution < -0.4 is 0 Å². The summed E-state index contributed by atoms with van der Waals surface area (Å²) in [7, 11) is 1.65. The Morgan fingerprint density at radius 2 is 1.28 bits per heavy atom. The van der Waals surface area contributed by atoms with Crippen LogP contribution in [0.3, 0.4) is 0 Å². The van der Waals surface area contributed by atoms with Crippen molar-refractivity contribution >= 4 is 5.97 Å². The molecule has 0 heterocycles. The zero-order valence-corrected chi connectivity index (χ0v) is 19.3. The van der Waals surface area contributed by atoms with E-state index in [9.17, 15) is 4.79 Å². The standard InChI is InChI=1S/C23H46O6/c1-4-6-8-9-12-22(11-7-5-2)21-29-23(24)13-10-14-26-17-18-28-20-19-27-16-15-25-3/h22H,4-21H2,1-3H3. The molecule has 0 N–H and O–H groups in total. The van der Waals surface area contributed by atoms with Crippen LogP contribution in [0.2, 0.25) is 0 Å². The molecule has 6 nitrogen and oxygen atoms in total. The topological polar surface area (TPSA) is 63.2 Å². The van der Waals surface area contributed by atoms with Crippen molar-refractivity contribution in [3.8, 4) is 0 Å². The molecule has 1 atom stereocenters. The summed E-state index contributed by atoms with van der Waals surface area (Å²) in [6, 6.07) is 0. The fraction of sp³-hybridized carbons (Fsp3) is 0.957. The van der Waals surface area contributed by atoms with E-state index in [1.54, 1.807) is 7.11 Å². The number of methoxy groups -OCH3 is 1. The van der Waals surface area contributed by atoms with E-state index in [4.69, 9.17) is 23.7 Å². The summed E-state index contributed by atoms with van der Waals surface area (Å²) in [5.74, 6) is 0.413. The van der Waals surface area contributed by atoms with Crippen LogP contribution in [0, 0.1) is 5.92 Å². The Bertz CT molecular complexity index is 337. The monoisotopic (exact) mass is 418 g/mol. The SMILES string of the molecule is CCCCCCC(CCCC)COC(=O)CCCOCCOCCOCCOC. The van der Waals surface area contributed by atoms with Gasteiger partial charge in [-0.25, -0.2) is 0 Å². The Hall–Kier alpha value is -0.690. The maximum Gasteiger partial charge on any atom is 0.305 e. The second-order valence-electron chi connectivity index (χ2n) is 7.47. The lowest BCUT2D eigenvalue weighted by atomic mass is 9.96. The van der Waals surface area contributed by atoms with E-state index in [0.29, 0.717) is 71.6 Å². The van der Waals surface area contributed by atoms with E-state index in [-0.39, 0.29) is 5.97 Å². The van der Waals surface area contributed by atoms with Gasteiger partial charge in [0, 0.05) is 20.1 Å². The van der Waals surface area contributed by atoms with Crippen molar-refractivity contribution in [2.75, 3.05) is 60.0 Å². The second-order valence-corrected chi connectivity index (χ2v) is 7.47. The van der Waals surface area contributed by atoms with Crippen molar-refractivity contribution in [2.24, 2.45) is 5.92 Å². The molecule has 0 amide bonds. The maximum atomic E-state index is 12.0. The van der Waals surface area contributed by atoms with Crippen LogP contribution in [0.25, 0.3) is 0 Å². The number of carbonyl (C=O) groups excluding carboxylic acids is 1. The van der Waals surface area contributed by atoms with Crippen LogP contribution in [0.4, 0.5) is 0 Å². The molecule has 29 heavy (non-hydrogen) atoms. The summed E-state index contributed by atoms with van der Waals surface area (Å²) in [4.78, 5) is 12.0. The van der Waals surface area contributed by atoms with Crippen LogP contribution in [0.15, 0.2) is 0 Å². The molecule has 0 aromatic rings. The largest absolute Gasteiger partial charge is 0.465 e. The minimum Gasteiger partial charge on any atom is -0.465 e. The minimum absolute atomic E-state index is 0.104. The zero-order chi connectivity index (χ0) is 21.4. The van der Waals surface area contributed by atoms with Gasteiger partial charge in [0.25, 0.3) is 0 Å². The summed E-state index contributed by atoms with van der Waals surface area (Å²) < 4.78 is 26.6. The van der Waals surface area contributed by atoms with Gasteiger partial charge in [-0.1, -0.05) is 52.4 Å². The summed E-state index contributed by atoms with van der Waals surface area (Å²) in [6.45, 7) is 8.94. The summed E-state index contributed by atoms with van der Waals surface area (Å²) in [5, 5.41) is 0. The van der Waals surface area contributed by atoms with Crippen LogP contribution in [-0.4, -0.2) is 65.9 Å². The molecule has 0 fully saturated rings.